The van der Waals surface area contributed by atoms with Crippen molar-refractivity contribution < 1.29 is 24.3 Å². The van der Waals surface area contributed by atoms with Crippen molar-refractivity contribution >= 4 is 23.4 Å². The van der Waals surface area contributed by atoms with Gasteiger partial charge in [-0.1, -0.05) is 17.7 Å². The number of carbonyl (C=O) groups is 2. The third kappa shape index (κ3) is 7.97. The minimum Gasteiger partial charge on any atom is -0.356 e. The van der Waals surface area contributed by atoms with E-state index in [1.807, 2.05) is 6.92 Å². The molecule has 1 aromatic carbocycles. The fourth-order valence-corrected chi connectivity index (χ4v) is 2.44. The van der Waals surface area contributed by atoms with Gasteiger partial charge in [-0.15, -0.1) is 6.58 Å². The normalized spacial score (nSPS) is 12.9. The van der Waals surface area contributed by atoms with Crippen molar-refractivity contribution in [2.75, 3.05) is 20.0 Å². The molecule has 0 unspecified atom stereocenters. The highest BCUT2D eigenvalue weighted by molar-refractivity contribution is 6.30. The van der Waals surface area contributed by atoms with Gasteiger partial charge in [-0.3, -0.25) is 14.8 Å². The molecule has 0 aliphatic rings. The van der Waals surface area contributed by atoms with Crippen molar-refractivity contribution in [1.29, 1.82) is 0 Å². The van der Waals surface area contributed by atoms with Crippen LogP contribution in [0.15, 0.2) is 36.9 Å². The Morgan fingerprint density at radius 2 is 2.00 bits per heavy atom. The number of amides is 2. The second-order valence-electron chi connectivity index (χ2n) is 5.59. The van der Waals surface area contributed by atoms with Crippen LogP contribution in [0, 0.1) is 5.92 Å². The molecule has 0 saturated carbocycles. The molecule has 144 valence electrons. The zero-order valence-electron chi connectivity index (χ0n) is 14.7. The number of carbonyl (C=O) groups excluding carboxylic acids is 2. The van der Waals surface area contributed by atoms with Gasteiger partial charge in [0.1, 0.15) is 6.79 Å². The molecule has 0 heterocycles. The molecule has 3 N–H and O–H groups in total. The van der Waals surface area contributed by atoms with Crippen molar-refractivity contribution in [3.63, 3.8) is 0 Å². The Labute approximate surface area is 158 Å². The first-order valence-corrected chi connectivity index (χ1v) is 8.66. The standard InChI is InChI=1S/C18H25ClN2O5/c1-3-5-14(18(23)21-24)10-16(11-26-12-25-4-2)20-17(22)13-6-8-15(19)9-7-13/h3,6-9,14,16,24H,1,4-5,10-12H2,2H3,(H,20,22)(H,21,23)/t14-,16-/m0/s1. The zero-order valence-corrected chi connectivity index (χ0v) is 15.5. The van der Waals surface area contributed by atoms with Crippen molar-refractivity contribution in [2.24, 2.45) is 5.92 Å². The summed E-state index contributed by atoms with van der Waals surface area (Å²) in [6, 6.07) is 6.00. The van der Waals surface area contributed by atoms with Gasteiger partial charge >= 0.3 is 0 Å². The van der Waals surface area contributed by atoms with E-state index in [4.69, 9.17) is 26.3 Å². The van der Waals surface area contributed by atoms with E-state index < -0.39 is 17.9 Å². The van der Waals surface area contributed by atoms with Crippen LogP contribution < -0.4 is 10.8 Å². The van der Waals surface area contributed by atoms with Gasteiger partial charge in [0.2, 0.25) is 5.91 Å². The predicted molar refractivity (Wildman–Crippen MR) is 98.0 cm³/mol. The maximum absolute atomic E-state index is 12.4. The van der Waals surface area contributed by atoms with Gasteiger partial charge in [-0.05, 0) is 44.0 Å². The maximum atomic E-state index is 12.4. The summed E-state index contributed by atoms with van der Waals surface area (Å²) in [5, 5.41) is 12.3. The summed E-state index contributed by atoms with van der Waals surface area (Å²) in [5.74, 6) is -1.41. The SMILES string of the molecule is C=CC[C@@H](C[C@@H](COCOCC)NC(=O)c1ccc(Cl)cc1)C(=O)NO. The summed E-state index contributed by atoms with van der Waals surface area (Å²) in [6.07, 6.45) is 2.20. The number of allylic oxidation sites excluding steroid dienone is 1. The lowest BCUT2D eigenvalue weighted by Gasteiger charge is -2.23. The number of hydroxylamine groups is 1. The molecule has 26 heavy (non-hydrogen) atoms. The van der Waals surface area contributed by atoms with Gasteiger partial charge in [0.05, 0.1) is 12.6 Å². The summed E-state index contributed by atoms with van der Waals surface area (Å²) in [5.41, 5.74) is 2.08. The minimum absolute atomic E-state index is 0.0855. The summed E-state index contributed by atoms with van der Waals surface area (Å²) in [4.78, 5) is 24.2. The number of halogens is 1. The van der Waals surface area contributed by atoms with Crippen molar-refractivity contribution in [1.82, 2.24) is 10.8 Å². The van der Waals surface area contributed by atoms with E-state index in [1.54, 1.807) is 35.8 Å². The Bertz CT molecular complexity index is 579. The van der Waals surface area contributed by atoms with Crippen molar-refractivity contribution in [3.05, 3.63) is 47.5 Å². The molecule has 0 aromatic heterocycles. The van der Waals surface area contributed by atoms with E-state index in [1.165, 1.54) is 0 Å². The largest absolute Gasteiger partial charge is 0.356 e. The van der Waals surface area contributed by atoms with Crippen LogP contribution in [0.1, 0.15) is 30.1 Å². The van der Waals surface area contributed by atoms with E-state index >= 15 is 0 Å². The van der Waals surface area contributed by atoms with Crippen molar-refractivity contribution in [2.45, 2.75) is 25.8 Å². The smallest absolute Gasteiger partial charge is 0.251 e. The lowest BCUT2D eigenvalue weighted by molar-refractivity contribution is -0.134. The van der Waals surface area contributed by atoms with Crippen LogP contribution in [0.5, 0.6) is 0 Å². The highest BCUT2D eigenvalue weighted by Crippen LogP contribution is 2.15. The first kappa shape index (κ1) is 22.1. The molecule has 0 aliphatic heterocycles. The molecule has 0 fully saturated rings. The van der Waals surface area contributed by atoms with Crippen LogP contribution in [0.3, 0.4) is 0 Å². The van der Waals surface area contributed by atoms with Crippen LogP contribution in [0.4, 0.5) is 0 Å². The molecule has 2 atom stereocenters. The first-order chi connectivity index (χ1) is 12.5. The molecule has 1 rings (SSSR count). The summed E-state index contributed by atoms with van der Waals surface area (Å²) >= 11 is 5.83. The fourth-order valence-electron chi connectivity index (χ4n) is 2.32. The lowest BCUT2D eigenvalue weighted by Crippen LogP contribution is -2.42. The van der Waals surface area contributed by atoms with Gasteiger partial charge in [0, 0.05) is 23.1 Å². The Kier molecular flexibility index (Phi) is 10.6. The molecule has 0 bridgehead atoms. The van der Waals surface area contributed by atoms with Crippen molar-refractivity contribution in [3.8, 4) is 0 Å². The van der Waals surface area contributed by atoms with E-state index in [0.29, 0.717) is 23.6 Å². The van der Waals surface area contributed by atoms with Crippen LogP contribution in [-0.4, -0.2) is 43.1 Å². The van der Waals surface area contributed by atoms with Crippen LogP contribution in [0.25, 0.3) is 0 Å². The average Bonchev–Trinajstić information content (AvgIpc) is 2.64. The van der Waals surface area contributed by atoms with E-state index in [9.17, 15) is 9.59 Å². The Hall–Kier alpha value is -1.93. The molecule has 0 spiro atoms. The van der Waals surface area contributed by atoms with Gasteiger partial charge in [-0.25, -0.2) is 5.48 Å². The number of rotatable bonds is 12. The molecular weight excluding hydrogens is 360 g/mol. The topological polar surface area (TPSA) is 96.9 Å². The first-order valence-electron chi connectivity index (χ1n) is 8.28. The molecule has 0 radical (unpaired) electrons. The Morgan fingerprint density at radius 3 is 2.58 bits per heavy atom. The monoisotopic (exact) mass is 384 g/mol. The Balaban J connectivity index is 2.78. The predicted octanol–water partition coefficient (Wildman–Crippen LogP) is 2.54. The highest BCUT2D eigenvalue weighted by Gasteiger charge is 2.23. The van der Waals surface area contributed by atoms with Crippen LogP contribution >= 0.6 is 11.6 Å². The molecule has 0 aliphatic carbocycles. The van der Waals surface area contributed by atoms with Gasteiger partial charge < -0.3 is 14.8 Å². The van der Waals surface area contributed by atoms with Crippen LogP contribution in [-0.2, 0) is 14.3 Å². The average molecular weight is 385 g/mol. The summed E-state index contributed by atoms with van der Waals surface area (Å²) in [6.45, 7) is 6.21. The number of nitrogens with one attached hydrogen (secondary N) is 2. The number of hydrogen-bond donors (Lipinski definition) is 3. The quantitative estimate of drug-likeness (QED) is 0.169. The van der Waals surface area contributed by atoms with E-state index in [2.05, 4.69) is 11.9 Å². The molecule has 1 aromatic rings. The third-order valence-electron chi connectivity index (χ3n) is 3.63. The lowest BCUT2D eigenvalue weighted by atomic mass is 9.95. The number of benzene rings is 1. The Morgan fingerprint density at radius 1 is 1.31 bits per heavy atom. The van der Waals surface area contributed by atoms with E-state index in [0.717, 1.165) is 0 Å². The molecule has 8 heteroatoms. The fraction of sp³-hybridized carbons (Fsp3) is 0.444. The number of hydrogen-bond acceptors (Lipinski definition) is 5. The number of ether oxygens (including phenoxy) is 2. The zero-order chi connectivity index (χ0) is 19.4. The highest BCUT2D eigenvalue weighted by atomic mass is 35.5. The summed E-state index contributed by atoms with van der Waals surface area (Å²) < 4.78 is 10.5. The molecule has 2 amide bonds. The maximum Gasteiger partial charge on any atom is 0.251 e. The second kappa shape index (κ2) is 12.4. The van der Waals surface area contributed by atoms with Gasteiger partial charge in [0.15, 0.2) is 0 Å². The van der Waals surface area contributed by atoms with E-state index in [-0.39, 0.29) is 25.7 Å². The molecule has 7 nitrogen and oxygen atoms in total. The minimum atomic E-state index is -0.552. The van der Waals surface area contributed by atoms with Gasteiger partial charge in [0.25, 0.3) is 5.91 Å². The second-order valence-corrected chi connectivity index (χ2v) is 6.03. The molecule has 0 saturated heterocycles. The molecular formula is C18H25ClN2O5. The van der Waals surface area contributed by atoms with Crippen LogP contribution in [0.2, 0.25) is 5.02 Å². The summed E-state index contributed by atoms with van der Waals surface area (Å²) in [7, 11) is 0. The van der Waals surface area contributed by atoms with Gasteiger partial charge in [-0.2, -0.15) is 0 Å². The third-order valence-corrected chi connectivity index (χ3v) is 3.88.